The summed E-state index contributed by atoms with van der Waals surface area (Å²) in [6.07, 6.45) is 4.79. The van der Waals surface area contributed by atoms with Crippen molar-refractivity contribution in [2.45, 2.75) is 0 Å². The number of hydrogen-bond donors (Lipinski definition) is 1. The molecule has 0 aromatic carbocycles. The maximum absolute atomic E-state index is 5.14. The van der Waals surface area contributed by atoms with Crippen molar-refractivity contribution < 1.29 is 4.42 Å². The zero-order valence-corrected chi connectivity index (χ0v) is 6.27. The predicted octanol–water partition coefficient (Wildman–Crippen LogP) is 1.12. The molecule has 0 radical (unpaired) electrons. The molecule has 0 bridgehead atoms. The van der Waals surface area contributed by atoms with E-state index in [-0.39, 0.29) is 0 Å². The van der Waals surface area contributed by atoms with Gasteiger partial charge in [-0.25, -0.2) is 4.98 Å². The van der Waals surface area contributed by atoms with Gasteiger partial charge in [-0.15, -0.1) is 0 Å². The lowest BCUT2D eigenvalue weighted by atomic mass is 10.2. The van der Waals surface area contributed by atoms with Crippen LogP contribution in [0.25, 0.3) is 11.1 Å². The van der Waals surface area contributed by atoms with Crippen molar-refractivity contribution in [2.75, 3.05) is 0 Å². The van der Waals surface area contributed by atoms with Crippen LogP contribution in [0.1, 0.15) is 5.56 Å². The number of furan rings is 1. The Morgan fingerprint density at radius 1 is 1.58 bits per heavy atom. The maximum atomic E-state index is 5.14. The standard InChI is InChI=1S/C8H7N3O/c9-11-4-6-5-12-8-7(6)2-1-3-10-8/h1-5H,9H2. The third-order valence-corrected chi connectivity index (χ3v) is 1.59. The fourth-order valence-electron chi connectivity index (χ4n) is 1.07. The first-order valence-electron chi connectivity index (χ1n) is 3.47. The SMILES string of the molecule is NN=Cc1coc2ncccc12. The molecule has 0 aliphatic heterocycles. The summed E-state index contributed by atoms with van der Waals surface area (Å²) in [5.74, 6) is 5.02. The molecule has 0 atom stereocenters. The lowest BCUT2D eigenvalue weighted by Crippen LogP contribution is -1.83. The van der Waals surface area contributed by atoms with Crippen LogP contribution in [0.4, 0.5) is 0 Å². The van der Waals surface area contributed by atoms with E-state index in [2.05, 4.69) is 10.1 Å². The largest absolute Gasteiger partial charge is 0.445 e. The lowest BCUT2D eigenvalue weighted by molar-refractivity contribution is 0.602. The molecule has 2 rings (SSSR count). The summed E-state index contributed by atoms with van der Waals surface area (Å²) >= 11 is 0. The van der Waals surface area contributed by atoms with Gasteiger partial charge in [0.15, 0.2) is 0 Å². The van der Waals surface area contributed by atoms with Crippen LogP contribution < -0.4 is 5.84 Å². The highest BCUT2D eigenvalue weighted by atomic mass is 16.3. The van der Waals surface area contributed by atoms with Crippen LogP contribution in [0.15, 0.2) is 34.1 Å². The number of pyridine rings is 1. The van der Waals surface area contributed by atoms with Gasteiger partial charge in [0.2, 0.25) is 5.71 Å². The Balaban J connectivity index is 2.70. The molecule has 2 heterocycles. The molecule has 0 unspecified atom stereocenters. The summed E-state index contributed by atoms with van der Waals surface area (Å²) in [4.78, 5) is 4.01. The first-order chi connectivity index (χ1) is 5.92. The van der Waals surface area contributed by atoms with E-state index in [4.69, 9.17) is 10.3 Å². The molecular weight excluding hydrogens is 154 g/mol. The van der Waals surface area contributed by atoms with E-state index in [1.165, 1.54) is 6.21 Å². The zero-order valence-electron chi connectivity index (χ0n) is 6.27. The van der Waals surface area contributed by atoms with Gasteiger partial charge in [0.25, 0.3) is 0 Å². The summed E-state index contributed by atoms with van der Waals surface area (Å²) in [5.41, 5.74) is 1.45. The Labute approximate surface area is 68.7 Å². The Morgan fingerprint density at radius 3 is 3.33 bits per heavy atom. The summed E-state index contributed by atoms with van der Waals surface area (Å²) in [6, 6.07) is 3.74. The predicted molar refractivity (Wildman–Crippen MR) is 45.8 cm³/mol. The second-order valence-electron chi connectivity index (χ2n) is 2.33. The molecule has 0 aliphatic carbocycles. The molecule has 2 aromatic rings. The van der Waals surface area contributed by atoms with Crippen LogP contribution in [0.5, 0.6) is 0 Å². The van der Waals surface area contributed by atoms with E-state index in [0.717, 1.165) is 10.9 Å². The number of nitrogens with zero attached hydrogens (tertiary/aromatic N) is 2. The number of aromatic nitrogens is 1. The molecule has 0 spiro atoms. The molecule has 0 saturated heterocycles. The number of nitrogens with two attached hydrogens (primary N) is 1. The molecule has 60 valence electrons. The Bertz CT molecular complexity index is 419. The highest BCUT2D eigenvalue weighted by molar-refractivity contribution is 5.96. The fraction of sp³-hybridized carbons (Fsp3) is 0. The molecule has 2 N–H and O–H groups in total. The molecule has 4 heteroatoms. The van der Waals surface area contributed by atoms with Crippen LogP contribution in [0.3, 0.4) is 0 Å². The van der Waals surface area contributed by atoms with E-state index in [1.54, 1.807) is 12.5 Å². The summed E-state index contributed by atoms with van der Waals surface area (Å²) < 4.78 is 5.14. The van der Waals surface area contributed by atoms with Crippen LogP contribution in [0, 0.1) is 0 Å². The van der Waals surface area contributed by atoms with E-state index in [0.29, 0.717) is 5.71 Å². The van der Waals surface area contributed by atoms with Crippen LogP contribution in [0.2, 0.25) is 0 Å². The van der Waals surface area contributed by atoms with Gasteiger partial charge in [0.1, 0.15) is 6.26 Å². The number of hydrogen-bond acceptors (Lipinski definition) is 4. The van der Waals surface area contributed by atoms with Gasteiger partial charge in [0.05, 0.1) is 6.21 Å². The van der Waals surface area contributed by atoms with Gasteiger partial charge in [-0.3, -0.25) is 0 Å². The minimum absolute atomic E-state index is 0.604. The minimum Gasteiger partial charge on any atom is -0.445 e. The van der Waals surface area contributed by atoms with Crippen molar-refractivity contribution in [3.8, 4) is 0 Å². The molecular formula is C8H7N3O. The van der Waals surface area contributed by atoms with Crippen molar-refractivity contribution in [2.24, 2.45) is 10.9 Å². The molecule has 0 saturated carbocycles. The zero-order chi connectivity index (χ0) is 8.39. The van der Waals surface area contributed by atoms with Crippen molar-refractivity contribution >= 4 is 17.3 Å². The topological polar surface area (TPSA) is 64.4 Å². The molecule has 12 heavy (non-hydrogen) atoms. The fourth-order valence-corrected chi connectivity index (χ4v) is 1.07. The Hall–Kier alpha value is -1.84. The van der Waals surface area contributed by atoms with Gasteiger partial charge >= 0.3 is 0 Å². The van der Waals surface area contributed by atoms with Crippen LogP contribution >= 0.6 is 0 Å². The number of hydrazone groups is 1. The third kappa shape index (κ3) is 0.934. The van der Waals surface area contributed by atoms with E-state index >= 15 is 0 Å². The molecule has 0 fully saturated rings. The maximum Gasteiger partial charge on any atom is 0.226 e. The average Bonchev–Trinajstić information content (AvgIpc) is 2.50. The average molecular weight is 161 g/mol. The summed E-state index contributed by atoms with van der Waals surface area (Å²) in [5, 5.41) is 4.34. The summed E-state index contributed by atoms with van der Waals surface area (Å²) in [7, 11) is 0. The van der Waals surface area contributed by atoms with Gasteiger partial charge < -0.3 is 10.3 Å². The van der Waals surface area contributed by atoms with Crippen molar-refractivity contribution in [3.63, 3.8) is 0 Å². The highest BCUT2D eigenvalue weighted by Crippen LogP contribution is 2.16. The van der Waals surface area contributed by atoms with Crippen molar-refractivity contribution in [3.05, 3.63) is 30.2 Å². The Morgan fingerprint density at radius 2 is 2.50 bits per heavy atom. The second kappa shape index (κ2) is 2.65. The van der Waals surface area contributed by atoms with Gasteiger partial charge in [-0.2, -0.15) is 5.10 Å². The summed E-state index contributed by atoms with van der Waals surface area (Å²) in [6.45, 7) is 0. The van der Waals surface area contributed by atoms with E-state index in [9.17, 15) is 0 Å². The van der Waals surface area contributed by atoms with Crippen molar-refractivity contribution in [1.82, 2.24) is 4.98 Å². The molecule has 0 aliphatic rings. The molecule has 4 nitrogen and oxygen atoms in total. The Kier molecular flexibility index (Phi) is 1.51. The minimum atomic E-state index is 0.604. The van der Waals surface area contributed by atoms with Gasteiger partial charge in [-0.1, -0.05) is 0 Å². The van der Waals surface area contributed by atoms with E-state index < -0.39 is 0 Å². The highest BCUT2D eigenvalue weighted by Gasteiger charge is 2.02. The lowest BCUT2D eigenvalue weighted by Gasteiger charge is -1.85. The third-order valence-electron chi connectivity index (χ3n) is 1.59. The van der Waals surface area contributed by atoms with Gasteiger partial charge in [0, 0.05) is 17.1 Å². The first-order valence-corrected chi connectivity index (χ1v) is 3.47. The quantitative estimate of drug-likeness (QED) is 0.387. The second-order valence-corrected chi connectivity index (χ2v) is 2.33. The van der Waals surface area contributed by atoms with Crippen LogP contribution in [-0.4, -0.2) is 11.2 Å². The monoisotopic (exact) mass is 161 g/mol. The van der Waals surface area contributed by atoms with Crippen molar-refractivity contribution in [1.29, 1.82) is 0 Å². The van der Waals surface area contributed by atoms with Crippen LogP contribution in [-0.2, 0) is 0 Å². The normalized spacial score (nSPS) is 11.3. The number of fused-ring (bicyclic) bond motifs is 1. The number of rotatable bonds is 1. The molecule has 0 amide bonds. The van der Waals surface area contributed by atoms with E-state index in [1.807, 2.05) is 12.1 Å². The molecule has 2 aromatic heterocycles. The first kappa shape index (κ1) is 6.84. The van der Waals surface area contributed by atoms with Gasteiger partial charge in [-0.05, 0) is 12.1 Å². The smallest absolute Gasteiger partial charge is 0.226 e.